The van der Waals surface area contributed by atoms with Crippen molar-refractivity contribution >= 4 is 28.8 Å². The summed E-state index contributed by atoms with van der Waals surface area (Å²) >= 11 is 1.61. The fourth-order valence-corrected chi connectivity index (χ4v) is 3.92. The number of amides is 2. The smallest absolute Gasteiger partial charge is 0.229 e. The molecule has 3 aromatic rings. The van der Waals surface area contributed by atoms with Crippen LogP contribution in [0.15, 0.2) is 66.0 Å². The molecule has 5 nitrogen and oxygen atoms in total. The number of rotatable bonds is 8. The predicted molar refractivity (Wildman–Crippen MR) is 121 cm³/mol. The molecular formula is C24H26N2O3S. The first-order chi connectivity index (χ1) is 14.5. The van der Waals surface area contributed by atoms with Gasteiger partial charge < -0.3 is 15.0 Å². The van der Waals surface area contributed by atoms with E-state index in [2.05, 4.69) is 5.32 Å². The fourth-order valence-electron chi connectivity index (χ4n) is 3.23. The third-order valence-electron chi connectivity index (χ3n) is 4.82. The number of aryl methyl sites for hydroxylation is 1. The summed E-state index contributed by atoms with van der Waals surface area (Å²) in [5, 5.41) is 4.92. The average molecular weight is 423 g/mol. The quantitative estimate of drug-likeness (QED) is 0.564. The second-order valence-electron chi connectivity index (χ2n) is 7.13. The number of carbonyl (C=O) groups is 2. The molecule has 0 radical (unpaired) electrons. The molecule has 0 bridgehead atoms. The van der Waals surface area contributed by atoms with E-state index < -0.39 is 0 Å². The Morgan fingerprint density at radius 2 is 1.77 bits per heavy atom. The Labute approximate surface area is 181 Å². The van der Waals surface area contributed by atoms with Crippen molar-refractivity contribution in [2.24, 2.45) is 0 Å². The monoisotopic (exact) mass is 422 g/mol. The number of benzene rings is 2. The number of thiophene rings is 1. The van der Waals surface area contributed by atoms with Crippen molar-refractivity contribution in [3.63, 3.8) is 0 Å². The number of ether oxygens (including phenoxy) is 1. The van der Waals surface area contributed by atoms with Crippen molar-refractivity contribution < 1.29 is 14.3 Å². The second kappa shape index (κ2) is 10.1. The molecule has 0 fully saturated rings. The van der Waals surface area contributed by atoms with E-state index in [-0.39, 0.29) is 24.3 Å². The topological polar surface area (TPSA) is 58.6 Å². The molecule has 0 saturated heterocycles. The lowest BCUT2D eigenvalue weighted by Crippen LogP contribution is -2.35. The van der Waals surface area contributed by atoms with E-state index in [0.717, 1.165) is 27.4 Å². The highest BCUT2D eigenvalue weighted by molar-refractivity contribution is 7.09. The van der Waals surface area contributed by atoms with E-state index in [4.69, 9.17) is 4.74 Å². The SMILES string of the molecule is COc1ccc(N(Cc2cccs2)C(=O)CC(NC(C)=O)c2ccc(C)cc2)cc1. The van der Waals surface area contributed by atoms with Crippen molar-refractivity contribution in [3.8, 4) is 5.75 Å². The normalized spacial score (nSPS) is 11.6. The molecule has 0 aliphatic heterocycles. The van der Waals surface area contributed by atoms with Gasteiger partial charge in [-0.1, -0.05) is 35.9 Å². The van der Waals surface area contributed by atoms with E-state index in [1.165, 1.54) is 6.92 Å². The minimum atomic E-state index is -0.389. The summed E-state index contributed by atoms with van der Waals surface area (Å²) in [5.74, 6) is 0.508. The minimum absolute atomic E-state index is 0.0621. The largest absolute Gasteiger partial charge is 0.497 e. The molecule has 6 heteroatoms. The van der Waals surface area contributed by atoms with Crippen LogP contribution in [-0.2, 0) is 16.1 Å². The molecule has 1 aromatic heterocycles. The summed E-state index contributed by atoms with van der Waals surface area (Å²) in [6.07, 6.45) is 0.167. The molecule has 3 rings (SSSR count). The maximum absolute atomic E-state index is 13.4. The Morgan fingerprint density at radius 1 is 1.07 bits per heavy atom. The Morgan fingerprint density at radius 3 is 2.33 bits per heavy atom. The van der Waals surface area contributed by atoms with Gasteiger partial charge in [0.1, 0.15) is 5.75 Å². The Kier molecular flexibility index (Phi) is 7.25. The summed E-state index contributed by atoms with van der Waals surface area (Å²) in [4.78, 5) is 28.0. The zero-order valence-electron chi connectivity index (χ0n) is 17.4. The highest BCUT2D eigenvalue weighted by atomic mass is 32.1. The average Bonchev–Trinajstić information content (AvgIpc) is 3.25. The van der Waals surface area contributed by atoms with Crippen LogP contribution in [-0.4, -0.2) is 18.9 Å². The molecule has 1 N–H and O–H groups in total. The third kappa shape index (κ3) is 5.70. The molecule has 1 unspecified atom stereocenters. The number of anilines is 1. The highest BCUT2D eigenvalue weighted by Gasteiger charge is 2.23. The van der Waals surface area contributed by atoms with Gasteiger partial charge in [-0.3, -0.25) is 9.59 Å². The van der Waals surface area contributed by atoms with Crippen LogP contribution in [0.25, 0.3) is 0 Å². The van der Waals surface area contributed by atoms with Gasteiger partial charge in [0, 0.05) is 17.5 Å². The van der Waals surface area contributed by atoms with E-state index in [1.54, 1.807) is 23.3 Å². The third-order valence-corrected chi connectivity index (χ3v) is 5.68. The van der Waals surface area contributed by atoms with Gasteiger partial charge in [0.25, 0.3) is 0 Å². The molecule has 156 valence electrons. The van der Waals surface area contributed by atoms with Gasteiger partial charge >= 0.3 is 0 Å². The van der Waals surface area contributed by atoms with Gasteiger partial charge in [-0.05, 0) is 48.2 Å². The van der Waals surface area contributed by atoms with Crippen molar-refractivity contribution in [1.82, 2.24) is 5.32 Å². The standard InChI is InChI=1S/C24H26N2O3S/c1-17-6-8-19(9-7-17)23(25-18(2)27)15-24(28)26(16-22-5-4-14-30-22)20-10-12-21(29-3)13-11-20/h4-14,23H,15-16H2,1-3H3,(H,25,27). The van der Waals surface area contributed by atoms with Crippen molar-refractivity contribution in [2.75, 3.05) is 12.0 Å². The van der Waals surface area contributed by atoms with Crippen LogP contribution >= 0.6 is 11.3 Å². The number of hydrogen-bond donors (Lipinski definition) is 1. The number of methoxy groups -OCH3 is 1. The lowest BCUT2D eigenvalue weighted by Gasteiger charge is -2.26. The second-order valence-corrected chi connectivity index (χ2v) is 8.16. The first kappa shape index (κ1) is 21.6. The van der Waals surface area contributed by atoms with Crippen LogP contribution in [0, 0.1) is 6.92 Å². The number of nitrogens with zero attached hydrogens (tertiary/aromatic N) is 1. The van der Waals surface area contributed by atoms with Crippen LogP contribution in [0.3, 0.4) is 0 Å². The molecule has 30 heavy (non-hydrogen) atoms. The van der Waals surface area contributed by atoms with Gasteiger partial charge in [0.05, 0.1) is 26.1 Å². The highest BCUT2D eigenvalue weighted by Crippen LogP contribution is 2.26. The summed E-state index contributed by atoms with van der Waals surface area (Å²) in [6, 6.07) is 18.9. The van der Waals surface area contributed by atoms with Crippen LogP contribution in [0.2, 0.25) is 0 Å². The van der Waals surface area contributed by atoms with E-state index in [9.17, 15) is 9.59 Å². The van der Waals surface area contributed by atoms with Crippen LogP contribution in [0.4, 0.5) is 5.69 Å². The van der Waals surface area contributed by atoms with Crippen LogP contribution in [0.1, 0.15) is 35.4 Å². The number of hydrogen-bond acceptors (Lipinski definition) is 4. The molecule has 0 aliphatic carbocycles. The molecule has 2 amide bonds. The van der Waals surface area contributed by atoms with Gasteiger partial charge in [0.15, 0.2) is 0 Å². The molecule has 0 saturated carbocycles. The zero-order valence-corrected chi connectivity index (χ0v) is 18.2. The van der Waals surface area contributed by atoms with Crippen molar-refractivity contribution in [1.29, 1.82) is 0 Å². The Balaban J connectivity index is 1.87. The van der Waals surface area contributed by atoms with E-state index in [1.807, 2.05) is 73.0 Å². The lowest BCUT2D eigenvalue weighted by atomic mass is 10.0. The number of nitrogens with one attached hydrogen (secondary N) is 1. The predicted octanol–water partition coefficient (Wildman–Crippen LogP) is 4.87. The summed E-state index contributed by atoms with van der Waals surface area (Å²) in [7, 11) is 1.61. The lowest BCUT2D eigenvalue weighted by molar-refractivity contribution is -0.121. The minimum Gasteiger partial charge on any atom is -0.497 e. The molecule has 0 aliphatic rings. The van der Waals surface area contributed by atoms with Gasteiger partial charge in [-0.25, -0.2) is 0 Å². The van der Waals surface area contributed by atoms with Crippen LogP contribution in [0.5, 0.6) is 5.75 Å². The molecular weight excluding hydrogens is 396 g/mol. The van der Waals surface area contributed by atoms with Crippen LogP contribution < -0.4 is 15.0 Å². The van der Waals surface area contributed by atoms with Gasteiger partial charge in [-0.2, -0.15) is 0 Å². The van der Waals surface area contributed by atoms with Crippen molar-refractivity contribution in [2.45, 2.75) is 32.9 Å². The zero-order chi connectivity index (χ0) is 21.5. The Bertz CT molecular complexity index is 967. The van der Waals surface area contributed by atoms with Crippen molar-refractivity contribution in [3.05, 3.63) is 82.0 Å². The van der Waals surface area contributed by atoms with Gasteiger partial charge in [-0.15, -0.1) is 11.3 Å². The molecule has 2 aromatic carbocycles. The van der Waals surface area contributed by atoms with Gasteiger partial charge in [0.2, 0.25) is 11.8 Å². The summed E-state index contributed by atoms with van der Waals surface area (Å²) in [5.41, 5.74) is 2.83. The summed E-state index contributed by atoms with van der Waals surface area (Å²) in [6.45, 7) is 3.96. The molecule has 1 heterocycles. The number of carbonyl (C=O) groups excluding carboxylic acids is 2. The Hall–Kier alpha value is -3.12. The van der Waals surface area contributed by atoms with E-state index in [0.29, 0.717) is 6.54 Å². The fraction of sp³-hybridized carbons (Fsp3) is 0.250. The molecule has 1 atom stereocenters. The maximum atomic E-state index is 13.4. The first-order valence-electron chi connectivity index (χ1n) is 9.76. The maximum Gasteiger partial charge on any atom is 0.229 e. The summed E-state index contributed by atoms with van der Waals surface area (Å²) < 4.78 is 5.24. The van der Waals surface area contributed by atoms with E-state index >= 15 is 0 Å². The molecule has 0 spiro atoms. The first-order valence-corrected chi connectivity index (χ1v) is 10.6.